The van der Waals surface area contributed by atoms with Crippen LogP contribution >= 0.6 is 0 Å². The maximum Gasteiger partial charge on any atom is 0.268 e. The molecule has 28 heavy (non-hydrogen) atoms. The molecule has 0 radical (unpaired) electrons. The fourth-order valence-corrected chi connectivity index (χ4v) is 2.18. The van der Waals surface area contributed by atoms with Gasteiger partial charge in [0, 0.05) is 22.4 Å². The molecule has 0 aliphatic carbocycles. The number of hydroxylamine groups is 1. The Morgan fingerprint density at radius 2 is 1.46 bits per heavy atom. The number of nitrogen functional groups attached to an aromatic ring is 1. The number of nitrogens with one attached hydrogen (secondary N) is 2. The van der Waals surface area contributed by atoms with Crippen molar-refractivity contribution in [2.24, 2.45) is 0 Å². The monoisotopic (exact) mass is 377 g/mol. The standard InChI is InChI=1S/C21H19N3O4/c1-14(25)19(21(27)24-28)23-20(26)17-10-6-15(7-11-17)4-2-3-5-16-8-12-18(22)13-9-16/h6-14,19,25,28H,22H2,1H3,(H,23,26)(H,24,27)/t14-,19-/m0/s1. The minimum absolute atomic E-state index is 0.273. The van der Waals surface area contributed by atoms with Gasteiger partial charge < -0.3 is 16.2 Å². The fraction of sp³-hybridized carbons (Fsp3) is 0.143. The summed E-state index contributed by atoms with van der Waals surface area (Å²) in [6, 6.07) is 12.2. The number of aliphatic hydroxyl groups is 1. The summed E-state index contributed by atoms with van der Waals surface area (Å²) in [6.45, 7) is 1.32. The molecule has 0 bridgehead atoms. The number of hydrogen-bond donors (Lipinski definition) is 5. The number of rotatable bonds is 4. The third-order valence-corrected chi connectivity index (χ3v) is 3.70. The zero-order valence-electron chi connectivity index (χ0n) is 15.1. The molecule has 2 aromatic rings. The number of carbonyl (C=O) groups excluding carboxylic acids is 2. The topological polar surface area (TPSA) is 125 Å². The molecule has 0 heterocycles. The molecule has 7 heteroatoms. The van der Waals surface area contributed by atoms with Gasteiger partial charge in [-0.25, -0.2) is 5.48 Å². The fourth-order valence-electron chi connectivity index (χ4n) is 2.18. The van der Waals surface area contributed by atoms with Gasteiger partial charge in [0.25, 0.3) is 11.8 Å². The van der Waals surface area contributed by atoms with Crippen LogP contribution in [-0.2, 0) is 4.79 Å². The first-order chi connectivity index (χ1) is 13.4. The average Bonchev–Trinajstić information content (AvgIpc) is 2.70. The van der Waals surface area contributed by atoms with Gasteiger partial charge >= 0.3 is 0 Å². The van der Waals surface area contributed by atoms with Crippen LogP contribution in [0.3, 0.4) is 0 Å². The second-order valence-electron chi connectivity index (χ2n) is 5.87. The van der Waals surface area contributed by atoms with Crippen molar-refractivity contribution in [3.63, 3.8) is 0 Å². The van der Waals surface area contributed by atoms with Gasteiger partial charge in [-0.1, -0.05) is 11.8 Å². The minimum Gasteiger partial charge on any atom is -0.399 e. The highest BCUT2D eigenvalue weighted by Crippen LogP contribution is 2.05. The number of nitrogens with two attached hydrogens (primary N) is 1. The molecule has 0 unspecified atom stereocenters. The maximum atomic E-state index is 12.2. The molecule has 0 saturated heterocycles. The van der Waals surface area contributed by atoms with E-state index in [0.717, 1.165) is 5.56 Å². The summed E-state index contributed by atoms with van der Waals surface area (Å²) in [5, 5.41) is 20.6. The molecule has 0 aliphatic rings. The number of hydrogen-bond acceptors (Lipinski definition) is 5. The van der Waals surface area contributed by atoms with Crippen LogP contribution in [0.1, 0.15) is 28.4 Å². The predicted octanol–water partition coefficient (Wildman–Crippen LogP) is 0.657. The summed E-state index contributed by atoms with van der Waals surface area (Å²) in [4.78, 5) is 23.6. The van der Waals surface area contributed by atoms with E-state index in [1.807, 2.05) is 0 Å². The first-order valence-corrected chi connectivity index (χ1v) is 8.31. The van der Waals surface area contributed by atoms with Gasteiger partial charge in [-0.05, 0) is 67.3 Å². The number of amides is 2. The lowest BCUT2D eigenvalue weighted by atomic mass is 10.1. The summed E-state index contributed by atoms with van der Waals surface area (Å²) in [6.07, 6.45) is -1.18. The lowest BCUT2D eigenvalue weighted by Gasteiger charge is -2.19. The molecule has 6 N–H and O–H groups in total. The molecule has 0 spiro atoms. The zero-order chi connectivity index (χ0) is 20.5. The van der Waals surface area contributed by atoms with Gasteiger partial charge in [-0.15, -0.1) is 0 Å². The van der Waals surface area contributed by atoms with Crippen molar-refractivity contribution in [1.29, 1.82) is 0 Å². The van der Waals surface area contributed by atoms with E-state index in [4.69, 9.17) is 10.9 Å². The molecule has 7 nitrogen and oxygen atoms in total. The highest BCUT2D eigenvalue weighted by Gasteiger charge is 2.25. The number of carbonyl (C=O) groups is 2. The Bertz CT molecular complexity index is 959. The maximum absolute atomic E-state index is 12.2. The van der Waals surface area contributed by atoms with Crippen LogP contribution in [0.25, 0.3) is 0 Å². The number of anilines is 1. The lowest BCUT2D eigenvalue weighted by Crippen LogP contribution is -2.51. The smallest absolute Gasteiger partial charge is 0.268 e. The van der Waals surface area contributed by atoms with E-state index < -0.39 is 24.0 Å². The zero-order valence-corrected chi connectivity index (χ0v) is 15.1. The number of benzene rings is 2. The normalized spacial score (nSPS) is 11.7. The van der Waals surface area contributed by atoms with Crippen molar-refractivity contribution in [3.8, 4) is 23.7 Å². The Hall–Kier alpha value is -3.78. The third-order valence-electron chi connectivity index (χ3n) is 3.70. The SMILES string of the molecule is C[C@H](O)[C@H](NC(=O)c1ccc(C#CC#Cc2ccc(N)cc2)cc1)C(=O)NO. The minimum atomic E-state index is -1.28. The summed E-state index contributed by atoms with van der Waals surface area (Å²) in [5.74, 6) is 9.74. The highest BCUT2D eigenvalue weighted by atomic mass is 16.5. The molecular weight excluding hydrogens is 358 g/mol. The molecule has 2 atom stereocenters. The van der Waals surface area contributed by atoms with Crippen LogP contribution in [0.2, 0.25) is 0 Å². The average molecular weight is 377 g/mol. The molecule has 2 amide bonds. The molecule has 142 valence electrons. The van der Waals surface area contributed by atoms with Crippen LogP contribution in [-0.4, -0.2) is 34.3 Å². The van der Waals surface area contributed by atoms with Gasteiger partial charge in [0.1, 0.15) is 6.04 Å². The van der Waals surface area contributed by atoms with E-state index in [1.54, 1.807) is 36.4 Å². The van der Waals surface area contributed by atoms with Crippen LogP contribution in [0.4, 0.5) is 5.69 Å². The summed E-state index contributed by atoms with van der Waals surface area (Å²) in [7, 11) is 0. The largest absolute Gasteiger partial charge is 0.399 e. The van der Waals surface area contributed by atoms with E-state index in [-0.39, 0.29) is 5.56 Å². The first kappa shape index (κ1) is 20.5. The highest BCUT2D eigenvalue weighted by molar-refractivity contribution is 5.97. The summed E-state index contributed by atoms with van der Waals surface area (Å²) >= 11 is 0. The Morgan fingerprint density at radius 3 is 1.93 bits per heavy atom. The van der Waals surface area contributed by atoms with Crippen molar-refractivity contribution in [2.75, 3.05) is 5.73 Å². The molecular formula is C21H19N3O4. The van der Waals surface area contributed by atoms with Crippen molar-refractivity contribution < 1.29 is 19.9 Å². The second kappa shape index (κ2) is 9.79. The quantitative estimate of drug-likeness (QED) is 0.232. The second-order valence-corrected chi connectivity index (χ2v) is 5.87. The van der Waals surface area contributed by atoms with E-state index >= 15 is 0 Å². The van der Waals surface area contributed by atoms with Crippen molar-refractivity contribution in [3.05, 3.63) is 65.2 Å². The van der Waals surface area contributed by atoms with E-state index in [9.17, 15) is 14.7 Å². The Balaban J connectivity index is 2.03. The molecule has 2 aromatic carbocycles. The Kier molecular flexibility index (Phi) is 7.18. The van der Waals surface area contributed by atoms with Crippen LogP contribution in [0, 0.1) is 23.7 Å². The van der Waals surface area contributed by atoms with Gasteiger partial charge in [-0.3, -0.25) is 14.8 Å². The summed E-state index contributed by atoms with van der Waals surface area (Å²) in [5.41, 5.74) is 9.40. The molecule has 0 saturated carbocycles. The lowest BCUT2D eigenvalue weighted by molar-refractivity contribution is -0.133. The van der Waals surface area contributed by atoms with Crippen LogP contribution < -0.4 is 16.5 Å². The summed E-state index contributed by atoms with van der Waals surface area (Å²) < 4.78 is 0. The van der Waals surface area contributed by atoms with Gasteiger partial charge in [0.05, 0.1) is 6.10 Å². The van der Waals surface area contributed by atoms with E-state index in [0.29, 0.717) is 11.3 Å². The Morgan fingerprint density at radius 1 is 0.964 bits per heavy atom. The van der Waals surface area contributed by atoms with Crippen molar-refractivity contribution >= 4 is 17.5 Å². The molecule has 2 rings (SSSR count). The van der Waals surface area contributed by atoms with Gasteiger partial charge in [0.15, 0.2) is 0 Å². The molecule has 0 aliphatic heterocycles. The van der Waals surface area contributed by atoms with Crippen molar-refractivity contribution in [1.82, 2.24) is 10.8 Å². The van der Waals surface area contributed by atoms with Crippen molar-refractivity contribution in [2.45, 2.75) is 19.1 Å². The first-order valence-electron chi connectivity index (χ1n) is 8.31. The van der Waals surface area contributed by atoms with E-state index in [1.165, 1.54) is 24.5 Å². The Labute approximate surface area is 162 Å². The number of aliphatic hydroxyl groups excluding tert-OH is 1. The van der Waals surface area contributed by atoms with Crippen LogP contribution in [0.5, 0.6) is 0 Å². The van der Waals surface area contributed by atoms with Gasteiger partial charge in [0.2, 0.25) is 0 Å². The predicted molar refractivity (Wildman–Crippen MR) is 104 cm³/mol. The van der Waals surface area contributed by atoms with E-state index in [2.05, 4.69) is 29.0 Å². The van der Waals surface area contributed by atoms with Crippen LogP contribution in [0.15, 0.2) is 48.5 Å². The molecule has 0 fully saturated rings. The third kappa shape index (κ3) is 5.89. The molecule has 0 aromatic heterocycles. The van der Waals surface area contributed by atoms with Gasteiger partial charge in [-0.2, -0.15) is 0 Å².